The Balaban J connectivity index is 1.42. The number of carbonyl (C=O) groups excluding carboxylic acids is 1. The molecule has 0 radical (unpaired) electrons. The summed E-state index contributed by atoms with van der Waals surface area (Å²) < 4.78 is 41.0. The SMILES string of the molecule is Cc1ccc(S(=O)(=O)Nc2cccc(C(=O)N3CCN(c4ccc(F)cc4)CC3)c2)cc1. The van der Waals surface area contributed by atoms with Crippen molar-refractivity contribution in [2.24, 2.45) is 0 Å². The molecular weight excluding hydrogens is 429 g/mol. The molecule has 1 N–H and O–H groups in total. The van der Waals surface area contributed by atoms with Crippen LogP contribution in [0.4, 0.5) is 15.8 Å². The third-order valence-corrected chi connectivity index (χ3v) is 6.85. The van der Waals surface area contributed by atoms with Crippen LogP contribution in [-0.2, 0) is 10.0 Å². The van der Waals surface area contributed by atoms with E-state index in [1.807, 2.05) is 6.92 Å². The van der Waals surface area contributed by atoms with Gasteiger partial charge in [-0.25, -0.2) is 12.8 Å². The van der Waals surface area contributed by atoms with Gasteiger partial charge in [0, 0.05) is 43.1 Å². The molecule has 0 atom stereocenters. The maximum atomic E-state index is 13.1. The van der Waals surface area contributed by atoms with Crippen LogP contribution in [0.5, 0.6) is 0 Å². The summed E-state index contributed by atoms with van der Waals surface area (Å²) in [4.78, 5) is 17.0. The first kappa shape index (κ1) is 21.8. The summed E-state index contributed by atoms with van der Waals surface area (Å²) in [6.07, 6.45) is 0. The van der Waals surface area contributed by atoms with Crippen LogP contribution in [0.3, 0.4) is 0 Å². The molecule has 1 saturated heterocycles. The predicted molar refractivity (Wildman–Crippen MR) is 123 cm³/mol. The molecule has 4 rings (SSSR count). The van der Waals surface area contributed by atoms with Gasteiger partial charge >= 0.3 is 0 Å². The molecule has 0 spiro atoms. The fourth-order valence-electron chi connectivity index (χ4n) is 3.65. The van der Waals surface area contributed by atoms with Crippen molar-refractivity contribution in [3.8, 4) is 0 Å². The zero-order chi connectivity index (χ0) is 22.7. The van der Waals surface area contributed by atoms with Gasteiger partial charge in [-0.15, -0.1) is 0 Å². The van der Waals surface area contributed by atoms with E-state index >= 15 is 0 Å². The summed E-state index contributed by atoms with van der Waals surface area (Å²) >= 11 is 0. The Kier molecular flexibility index (Phi) is 6.14. The Morgan fingerprint density at radius 2 is 1.56 bits per heavy atom. The van der Waals surface area contributed by atoms with Crippen molar-refractivity contribution in [2.75, 3.05) is 35.8 Å². The number of hydrogen-bond acceptors (Lipinski definition) is 4. The first-order valence-corrected chi connectivity index (χ1v) is 11.8. The second-order valence-corrected chi connectivity index (χ2v) is 9.44. The first-order chi connectivity index (χ1) is 15.3. The molecule has 1 aliphatic rings. The second kappa shape index (κ2) is 9.00. The van der Waals surface area contributed by atoms with Crippen LogP contribution in [0.25, 0.3) is 0 Å². The number of nitrogens with zero attached hydrogens (tertiary/aromatic N) is 2. The summed E-state index contributed by atoms with van der Waals surface area (Å²) in [7, 11) is -3.75. The lowest BCUT2D eigenvalue weighted by atomic mass is 10.1. The standard InChI is InChI=1S/C24H24FN3O3S/c1-18-5-11-23(12-6-18)32(30,31)26-21-4-2-3-19(17-21)24(29)28-15-13-27(14-16-28)22-9-7-20(25)8-10-22/h2-12,17,26H,13-16H2,1H3. The van der Waals surface area contributed by atoms with Gasteiger partial charge in [0.05, 0.1) is 4.90 Å². The molecule has 32 heavy (non-hydrogen) atoms. The molecule has 1 aliphatic heterocycles. The highest BCUT2D eigenvalue weighted by molar-refractivity contribution is 7.92. The number of carbonyl (C=O) groups is 1. The number of amides is 1. The van der Waals surface area contributed by atoms with Crippen LogP contribution < -0.4 is 9.62 Å². The molecule has 8 heteroatoms. The fraction of sp³-hybridized carbons (Fsp3) is 0.208. The van der Waals surface area contributed by atoms with Gasteiger partial charge in [-0.1, -0.05) is 23.8 Å². The van der Waals surface area contributed by atoms with E-state index in [1.165, 1.54) is 12.1 Å². The zero-order valence-electron chi connectivity index (χ0n) is 17.7. The monoisotopic (exact) mass is 453 g/mol. The molecule has 166 valence electrons. The first-order valence-electron chi connectivity index (χ1n) is 10.3. The molecule has 0 unspecified atom stereocenters. The Morgan fingerprint density at radius 3 is 2.22 bits per heavy atom. The Morgan fingerprint density at radius 1 is 0.906 bits per heavy atom. The van der Waals surface area contributed by atoms with Crippen LogP contribution in [-0.4, -0.2) is 45.4 Å². The quantitative estimate of drug-likeness (QED) is 0.636. The summed E-state index contributed by atoms with van der Waals surface area (Å²) in [5.41, 5.74) is 2.65. The molecule has 1 heterocycles. The van der Waals surface area contributed by atoms with Gasteiger partial charge in [0.2, 0.25) is 0 Å². The molecule has 1 fully saturated rings. The van der Waals surface area contributed by atoms with Crippen molar-refractivity contribution in [1.82, 2.24) is 4.90 Å². The average molecular weight is 454 g/mol. The number of sulfonamides is 1. The highest BCUT2D eigenvalue weighted by Crippen LogP contribution is 2.21. The van der Waals surface area contributed by atoms with Crippen LogP contribution >= 0.6 is 0 Å². The number of rotatable bonds is 5. The van der Waals surface area contributed by atoms with Crippen molar-refractivity contribution in [3.63, 3.8) is 0 Å². The third kappa shape index (κ3) is 4.91. The van der Waals surface area contributed by atoms with Crippen LogP contribution in [0, 0.1) is 12.7 Å². The summed E-state index contributed by atoms with van der Waals surface area (Å²) in [5.74, 6) is -0.430. The lowest BCUT2D eigenvalue weighted by molar-refractivity contribution is 0.0747. The second-order valence-electron chi connectivity index (χ2n) is 7.76. The molecule has 1 amide bonds. The third-order valence-electron chi connectivity index (χ3n) is 5.45. The van der Waals surface area contributed by atoms with Crippen LogP contribution in [0.2, 0.25) is 0 Å². The Hall–Kier alpha value is -3.39. The number of aryl methyl sites for hydroxylation is 1. The number of halogens is 1. The smallest absolute Gasteiger partial charge is 0.261 e. The minimum Gasteiger partial charge on any atom is -0.368 e. The molecule has 3 aromatic carbocycles. The minimum absolute atomic E-state index is 0.153. The van der Waals surface area contributed by atoms with Gasteiger partial charge in [-0.05, 0) is 61.5 Å². The van der Waals surface area contributed by atoms with Crippen LogP contribution in [0.15, 0.2) is 77.7 Å². The lowest BCUT2D eigenvalue weighted by Crippen LogP contribution is -2.48. The molecule has 0 aromatic heterocycles. The summed E-state index contributed by atoms with van der Waals surface area (Å²) in [6.45, 7) is 4.21. The van der Waals surface area contributed by atoms with Crippen molar-refractivity contribution in [2.45, 2.75) is 11.8 Å². The summed E-state index contributed by atoms with van der Waals surface area (Å²) in [5, 5.41) is 0. The van der Waals surface area contributed by atoms with E-state index in [0.29, 0.717) is 37.4 Å². The number of anilines is 2. The molecule has 3 aromatic rings. The van der Waals surface area contributed by atoms with Crippen LogP contribution in [0.1, 0.15) is 15.9 Å². The molecule has 6 nitrogen and oxygen atoms in total. The lowest BCUT2D eigenvalue weighted by Gasteiger charge is -2.36. The number of nitrogens with one attached hydrogen (secondary N) is 1. The van der Waals surface area contributed by atoms with Gasteiger partial charge in [0.25, 0.3) is 15.9 Å². The molecular formula is C24H24FN3O3S. The molecule has 0 bridgehead atoms. The average Bonchev–Trinajstić information content (AvgIpc) is 2.79. The predicted octanol–water partition coefficient (Wildman–Crippen LogP) is 3.90. The van der Waals surface area contributed by atoms with E-state index in [-0.39, 0.29) is 16.6 Å². The van der Waals surface area contributed by atoms with E-state index in [4.69, 9.17) is 0 Å². The van der Waals surface area contributed by atoms with E-state index in [2.05, 4.69) is 9.62 Å². The van der Waals surface area contributed by atoms with Crippen molar-refractivity contribution < 1.29 is 17.6 Å². The van der Waals surface area contributed by atoms with Gasteiger partial charge in [0.1, 0.15) is 5.82 Å². The number of piperazine rings is 1. The molecule has 0 saturated carbocycles. The van der Waals surface area contributed by atoms with Crippen molar-refractivity contribution in [3.05, 3.63) is 89.7 Å². The zero-order valence-corrected chi connectivity index (χ0v) is 18.5. The Bertz CT molecular complexity index is 1200. The van der Waals surface area contributed by atoms with Crippen molar-refractivity contribution >= 4 is 27.3 Å². The number of hydrogen-bond donors (Lipinski definition) is 1. The highest BCUT2D eigenvalue weighted by Gasteiger charge is 2.23. The van der Waals surface area contributed by atoms with E-state index in [0.717, 1.165) is 11.3 Å². The fourth-order valence-corrected chi connectivity index (χ4v) is 4.70. The van der Waals surface area contributed by atoms with Gasteiger partial charge < -0.3 is 9.80 Å². The topological polar surface area (TPSA) is 69.7 Å². The molecule has 0 aliphatic carbocycles. The normalized spacial score (nSPS) is 14.3. The maximum absolute atomic E-state index is 13.1. The van der Waals surface area contributed by atoms with Gasteiger partial charge in [-0.3, -0.25) is 9.52 Å². The summed E-state index contributed by atoms with van der Waals surface area (Å²) in [6, 6.07) is 19.4. The largest absolute Gasteiger partial charge is 0.368 e. The maximum Gasteiger partial charge on any atom is 0.261 e. The van der Waals surface area contributed by atoms with E-state index < -0.39 is 10.0 Å². The number of benzene rings is 3. The van der Waals surface area contributed by atoms with Gasteiger partial charge in [-0.2, -0.15) is 0 Å². The van der Waals surface area contributed by atoms with E-state index in [1.54, 1.807) is 65.6 Å². The van der Waals surface area contributed by atoms with E-state index in [9.17, 15) is 17.6 Å². The highest BCUT2D eigenvalue weighted by atomic mass is 32.2. The van der Waals surface area contributed by atoms with Crippen molar-refractivity contribution in [1.29, 1.82) is 0 Å². The Labute approximate surface area is 187 Å². The van der Waals surface area contributed by atoms with Gasteiger partial charge in [0.15, 0.2) is 0 Å². The minimum atomic E-state index is -3.75.